The van der Waals surface area contributed by atoms with Crippen molar-refractivity contribution in [3.63, 3.8) is 0 Å². The molecule has 4 aromatic rings. The largest absolute Gasteiger partial charge is 0.339 e. The SMILES string of the molecule is Cc1ccc(-c2noc([C@H]3C[C@@H]3F)n2)cc1NC(=O)c1cnc2c(c1)ncn2C(=O)C(C)C. The second-order valence-corrected chi connectivity index (χ2v) is 8.47. The van der Waals surface area contributed by atoms with Gasteiger partial charge in [-0.15, -0.1) is 0 Å². The van der Waals surface area contributed by atoms with Gasteiger partial charge in [-0.05, 0) is 31.0 Å². The Balaban J connectivity index is 1.38. The maximum Gasteiger partial charge on any atom is 0.257 e. The van der Waals surface area contributed by atoms with Crippen LogP contribution in [0.5, 0.6) is 0 Å². The van der Waals surface area contributed by atoms with Crippen molar-refractivity contribution in [2.24, 2.45) is 5.92 Å². The Morgan fingerprint density at radius 3 is 2.76 bits per heavy atom. The van der Waals surface area contributed by atoms with Crippen LogP contribution in [0.4, 0.5) is 10.1 Å². The highest BCUT2D eigenvalue weighted by atomic mass is 19.1. The fourth-order valence-corrected chi connectivity index (χ4v) is 3.48. The molecule has 0 spiro atoms. The summed E-state index contributed by atoms with van der Waals surface area (Å²) in [4.78, 5) is 38.0. The van der Waals surface area contributed by atoms with E-state index in [1.807, 2.05) is 19.1 Å². The van der Waals surface area contributed by atoms with Gasteiger partial charge in [-0.25, -0.2) is 14.4 Å². The van der Waals surface area contributed by atoms with Gasteiger partial charge in [0.25, 0.3) is 5.91 Å². The molecule has 9 nitrogen and oxygen atoms in total. The fourth-order valence-electron chi connectivity index (χ4n) is 3.48. The number of aryl methyl sites for hydroxylation is 1. The van der Waals surface area contributed by atoms with Crippen molar-refractivity contribution in [1.29, 1.82) is 0 Å². The van der Waals surface area contributed by atoms with Crippen LogP contribution in [-0.4, -0.2) is 42.7 Å². The molecule has 1 fully saturated rings. The van der Waals surface area contributed by atoms with E-state index < -0.39 is 6.17 Å². The van der Waals surface area contributed by atoms with E-state index in [1.165, 1.54) is 17.1 Å². The topological polar surface area (TPSA) is 116 Å². The zero-order chi connectivity index (χ0) is 23.3. The number of amides is 1. The van der Waals surface area contributed by atoms with Gasteiger partial charge in [0.15, 0.2) is 5.65 Å². The minimum absolute atomic E-state index is 0.122. The number of imidazole rings is 1. The summed E-state index contributed by atoms with van der Waals surface area (Å²) in [5.41, 5.74) is 3.21. The van der Waals surface area contributed by atoms with Crippen molar-refractivity contribution < 1.29 is 18.5 Å². The molecule has 5 rings (SSSR count). The van der Waals surface area contributed by atoms with E-state index in [4.69, 9.17) is 4.52 Å². The van der Waals surface area contributed by atoms with Gasteiger partial charge < -0.3 is 9.84 Å². The zero-order valence-electron chi connectivity index (χ0n) is 18.2. The molecule has 1 amide bonds. The Morgan fingerprint density at radius 1 is 1.24 bits per heavy atom. The van der Waals surface area contributed by atoms with Crippen molar-refractivity contribution in [2.45, 2.75) is 39.3 Å². The van der Waals surface area contributed by atoms with E-state index >= 15 is 0 Å². The van der Waals surface area contributed by atoms with Gasteiger partial charge in [0.2, 0.25) is 17.6 Å². The first-order valence-electron chi connectivity index (χ1n) is 10.6. The molecule has 0 aliphatic heterocycles. The average molecular weight is 448 g/mol. The molecule has 10 heteroatoms. The normalized spacial score (nSPS) is 17.5. The lowest BCUT2D eigenvalue weighted by molar-refractivity contribution is 0.0859. The number of anilines is 1. The number of nitrogens with zero attached hydrogens (tertiary/aromatic N) is 5. The number of carbonyl (C=O) groups is 2. The van der Waals surface area contributed by atoms with E-state index in [-0.39, 0.29) is 23.7 Å². The molecule has 1 aliphatic rings. The third kappa shape index (κ3) is 3.88. The number of hydrogen-bond acceptors (Lipinski definition) is 7. The number of pyridine rings is 1. The smallest absolute Gasteiger partial charge is 0.257 e. The number of aromatic nitrogens is 5. The van der Waals surface area contributed by atoms with Gasteiger partial charge in [0, 0.05) is 23.4 Å². The number of halogens is 1. The zero-order valence-corrected chi connectivity index (χ0v) is 18.2. The molecule has 1 N–H and O–H groups in total. The van der Waals surface area contributed by atoms with Crippen LogP contribution in [0.15, 0.2) is 41.3 Å². The standard InChI is InChI=1S/C23H21FN6O3/c1-11(2)23(32)30-10-26-18-7-14(9-25-20(18)30)21(31)27-17-6-13(5-4-12(17)3)19-28-22(33-29-19)15-8-16(15)24/h4-7,9-11,15-16H,8H2,1-3H3,(H,27,31)/t15-,16-/m0/s1. The summed E-state index contributed by atoms with van der Waals surface area (Å²) < 4.78 is 19.8. The minimum Gasteiger partial charge on any atom is -0.339 e. The summed E-state index contributed by atoms with van der Waals surface area (Å²) in [5.74, 6) is -0.399. The van der Waals surface area contributed by atoms with Gasteiger partial charge in [0.05, 0.1) is 11.5 Å². The maximum absolute atomic E-state index is 13.3. The fraction of sp³-hybridized carbons (Fsp3) is 0.304. The molecule has 2 atom stereocenters. The van der Waals surface area contributed by atoms with Crippen molar-refractivity contribution >= 4 is 28.7 Å². The summed E-state index contributed by atoms with van der Waals surface area (Å²) in [5, 5.41) is 6.81. The van der Waals surface area contributed by atoms with E-state index in [2.05, 4.69) is 25.4 Å². The minimum atomic E-state index is -0.924. The number of carbonyl (C=O) groups excluding carboxylic acids is 2. The van der Waals surface area contributed by atoms with E-state index in [1.54, 1.807) is 26.0 Å². The molecule has 0 saturated heterocycles. The van der Waals surface area contributed by atoms with Crippen LogP contribution in [0.3, 0.4) is 0 Å². The molecule has 1 aliphatic carbocycles. The predicted molar refractivity (Wildman–Crippen MR) is 118 cm³/mol. The van der Waals surface area contributed by atoms with Crippen LogP contribution >= 0.6 is 0 Å². The number of nitrogens with one attached hydrogen (secondary N) is 1. The maximum atomic E-state index is 13.3. The Bertz CT molecular complexity index is 1390. The van der Waals surface area contributed by atoms with Crippen LogP contribution in [0.25, 0.3) is 22.6 Å². The first-order chi connectivity index (χ1) is 15.8. The van der Waals surface area contributed by atoms with Crippen molar-refractivity contribution in [3.05, 3.63) is 53.8 Å². The van der Waals surface area contributed by atoms with Gasteiger partial charge in [-0.3, -0.25) is 14.2 Å². The quantitative estimate of drug-likeness (QED) is 0.487. The summed E-state index contributed by atoms with van der Waals surface area (Å²) in [7, 11) is 0. The molecule has 33 heavy (non-hydrogen) atoms. The average Bonchev–Trinajstić information content (AvgIpc) is 3.18. The molecule has 3 aromatic heterocycles. The first-order valence-corrected chi connectivity index (χ1v) is 10.6. The first kappa shape index (κ1) is 20.9. The molecule has 0 unspecified atom stereocenters. The van der Waals surface area contributed by atoms with Gasteiger partial charge in [0.1, 0.15) is 18.0 Å². The molecule has 168 valence electrons. The Kier molecular flexibility index (Phi) is 4.99. The van der Waals surface area contributed by atoms with Crippen molar-refractivity contribution in [1.82, 2.24) is 24.7 Å². The second-order valence-electron chi connectivity index (χ2n) is 8.47. The summed E-state index contributed by atoms with van der Waals surface area (Å²) in [6.07, 6.45) is 2.31. The van der Waals surface area contributed by atoms with Crippen molar-refractivity contribution in [2.75, 3.05) is 5.32 Å². The van der Waals surface area contributed by atoms with Gasteiger partial charge in [-0.2, -0.15) is 4.98 Å². The molecule has 0 bridgehead atoms. The third-order valence-corrected chi connectivity index (χ3v) is 5.60. The van der Waals surface area contributed by atoms with Gasteiger partial charge in [-0.1, -0.05) is 31.1 Å². The van der Waals surface area contributed by atoms with E-state index in [0.717, 1.165) is 5.56 Å². The highest BCUT2D eigenvalue weighted by molar-refractivity contribution is 6.06. The molecule has 0 radical (unpaired) electrons. The van der Waals surface area contributed by atoms with Gasteiger partial charge >= 0.3 is 0 Å². The Hall–Kier alpha value is -3.95. The molecular weight excluding hydrogens is 427 g/mol. The van der Waals surface area contributed by atoms with Crippen LogP contribution in [-0.2, 0) is 0 Å². The van der Waals surface area contributed by atoms with E-state index in [0.29, 0.717) is 46.1 Å². The summed E-state index contributed by atoms with van der Waals surface area (Å²) in [6, 6.07) is 6.97. The Morgan fingerprint density at radius 2 is 2.03 bits per heavy atom. The number of rotatable bonds is 5. The lowest BCUT2D eigenvalue weighted by atomic mass is 10.1. The second kappa shape index (κ2) is 7.88. The number of fused-ring (bicyclic) bond motifs is 1. The van der Waals surface area contributed by atoms with Crippen LogP contribution in [0.1, 0.15) is 52.8 Å². The summed E-state index contributed by atoms with van der Waals surface area (Å²) in [6.45, 7) is 5.45. The van der Waals surface area contributed by atoms with E-state index in [9.17, 15) is 14.0 Å². The molecule has 1 saturated carbocycles. The highest BCUT2D eigenvalue weighted by Crippen LogP contribution is 2.43. The number of hydrogen-bond donors (Lipinski definition) is 1. The highest BCUT2D eigenvalue weighted by Gasteiger charge is 2.43. The lowest BCUT2D eigenvalue weighted by Crippen LogP contribution is -2.17. The number of alkyl halides is 1. The molecule has 3 heterocycles. The predicted octanol–water partition coefficient (Wildman–Crippen LogP) is 4.16. The third-order valence-electron chi connectivity index (χ3n) is 5.60. The summed E-state index contributed by atoms with van der Waals surface area (Å²) >= 11 is 0. The van der Waals surface area contributed by atoms with Crippen molar-refractivity contribution in [3.8, 4) is 11.4 Å². The number of benzene rings is 1. The Labute approximate surface area is 188 Å². The monoisotopic (exact) mass is 448 g/mol. The lowest BCUT2D eigenvalue weighted by Gasteiger charge is -2.10. The van der Waals surface area contributed by atoms with Crippen LogP contribution in [0.2, 0.25) is 0 Å². The van der Waals surface area contributed by atoms with Crippen LogP contribution in [0, 0.1) is 12.8 Å². The molecular formula is C23H21FN6O3. The van der Waals surface area contributed by atoms with Crippen LogP contribution < -0.4 is 5.32 Å². The molecule has 1 aromatic carbocycles.